The lowest BCUT2D eigenvalue weighted by Crippen LogP contribution is -2.35. The van der Waals surface area contributed by atoms with Crippen LogP contribution < -0.4 is 0 Å². The van der Waals surface area contributed by atoms with Gasteiger partial charge in [-0.3, -0.25) is 10.1 Å². The number of nitro groups is 1. The van der Waals surface area contributed by atoms with Crippen molar-refractivity contribution in [1.29, 1.82) is 0 Å². The Labute approximate surface area is 197 Å². The second-order valence-electron chi connectivity index (χ2n) is 8.23. The third kappa shape index (κ3) is 3.57. The number of hydrogen-bond acceptors (Lipinski definition) is 5. The highest BCUT2D eigenvalue weighted by Gasteiger charge is 2.41. The molecular weight excluding hydrogens is 428 g/mol. The van der Waals surface area contributed by atoms with Gasteiger partial charge in [-0.15, -0.1) is 0 Å². The van der Waals surface area contributed by atoms with Crippen molar-refractivity contribution in [3.8, 4) is 22.3 Å². The minimum absolute atomic E-state index is 0.247. The zero-order valence-electron chi connectivity index (χ0n) is 19.0. The van der Waals surface area contributed by atoms with Gasteiger partial charge in [-0.25, -0.2) is 4.99 Å². The first-order valence-electron chi connectivity index (χ1n) is 11.4. The maximum Gasteiger partial charge on any atom is 0.433 e. The smallest absolute Gasteiger partial charge is 0.433 e. The second-order valence-corrected chi connectivity index (χ2v) is 8.23. The summed E-state index contributed by atoms with van der Waals surface area (Å²) >= 11 is 0. The van der Waals surface area contributed by atoms with Crippen LogP contribution in [0.4, 0.5) is 11.6 Å². The Morgan fingerprint density at radius 3 is 2.09 bits per heavy atom. The van der Waals surface area contributed by atoms with E-state index >= 15 is 0 Å². The van der Waals surface area contributed by atoms with Gasteiger partial charge < -0.3 is 9.15 Å². The van der Waals surface area contributed by atoms with E-state index in [1.807, 2.05) is 42.5 Å². The van der Waals surface area contributed by atoms with Crippen LogP contribution in [-0.4, -0.2) is 10.8 Å². The molecule has 0 saturated carbocycles. The Kier molecular flexibility index (Phi) is 5.49. The van der Waals surface area contributed by atoms with Gasteiger partial charge in [-0.2, -0.15) is 0 Å². The lowest BCUT2D eigenvalue weighted by atomic mass is 9.78. The number of furan rings is 1. The molecule has 5 rings (SSSR count). The molecule has 6 nitrogen and oxygen atoms in total. The molecule has 6 heteroatoms. The third-order valence-corrected chi connectivity index (χ3v) is 6.43. The van der Waals surface area contributed by atoms with Gasteiger partial charge in [0.05, 0.1) is 11.8 Å². The van der Waals surface area contributed by atoms with Crippen LogP contribution in [0.2, 0.25) is 0 Å². The molecule has 1 aliphatic heterocycles. The van der Waals surface area contributed by atoms with Crippen LogP contribution in [0.15, 0.2) is 94.3 Å². The number of hydrogen-bond donors (Lipinski definition) is 0. The molecule has 4 aromatic rings. The first-order chi connectivity index (χ1) is 16.6. The fraction of sp³-hybridized carbons (Fsp3) is 0.179. The zero-order valence-corrected chi connectivity index (χ0v) is 19.0. The second kappa shape index (κ2) is 8.63. The van der Waals surface area contributed by atoms with E-state index in [0.29, 0.717) is 12.8 Å². The summed E-state index contributed by atoms with van der Waals surface area (Å²) in [5.74, 6) is 0.169. The molecule has 170 valence electrons. The molecule has 0 aliphatic carbocycles. The minimum atomic E-state index is -0.677. The SMILES string of the molecule is CCC1(CC)OC(c2ccc([N+](=O)[O-])o2)=Nc2ccc(-c3ccccc3)c(-c3ccccc3)c21. The predicted octanol–water partition coefficient (Wildman–Crippen LogP) is 7.65. The van der Waals surface area contributed by atoms with Crippen LogP contribution in [-0.2, 0) is 10.3 Å². The summed E-state index contributed by atoms with van der Waals surface area (Å²) in [6.07, 6.45) is 1.38. The van der Waals surface area contributed by atoms with Gasteiger partial charge in [0.1, 0.15) is 10.5 Å². The van der Waals surface area contributed by atoms with E-state index in [1.165, 1.54) is 12.1 Å². The van der Waals surface area contributed by atoms with Crippen molar-refractivity contribution in [3.63, 3.8) is 0 Å². The van der Waals surface area contributed by atoms with Gasteiger partial charge >= 0.3 is 5.88 Å². The molecule has 0 spiro atoms. The van der Waals surface area contributed by atoms with Crippen LogP contribution in [0.1, 0.15) is 38.0 Å². The molecule has 0 radical (unpaired) electrons. The molecule has 3 aromatic carbocycles. The fourth-order valence-corrected chi connectivity index (χ4v) is 4.67. The van der Waals surface area contributed by atoms with E-state index in [0.717, 1.165) is 33.5 Å². The molecule has 0 unspecified atom stereocenters. The summed E-state index contributed by atoms with van der Waals surface area (Å²) in [7, 11) is 0. The van der Waals surface area contributed by atoms with E-state index < -0.39 is 10.5 Å². The molecule has 0 amide bonds. The van der Waals surface area contributed by atoms with Crippen LogP contribution in [0.5, 0.6) is 0 Å². The van der Waals surface area contributed by atoms with E-state index in [-0.39, 0.29) is 17.5 Å². The highest BCUT2D eigenvalue weighted by molar-refractivity contribution is 5.98. The lowest BCUT2D eigenvalue weighted by molar-refractivity contribution is -0.402. The molecule has 0 bridgehead atoms. The van der Waals surface area contributed by atoms with Crippen molar-refractivity contribution in [2.75, 3.05) is 0 Å². The van der Waals surface area contributed by atoms with Crippen molar-refractivity contribution in [2.24, 2.45) is 4.99 Å². The summed E-state index contributed by atoms with van der Waals surface area (Å²) in [4.78, 5) is 15.4. The molecule has 0 atom stereocenters. The number of rotatable bonds is 6. The van der Waals surface area contributed by atoms with Crippen molar-refractivity contribution in [2.45, 2.75) is 32.3 Å². The lowest BCUT2D eigenvalue weighted by Gasteiger charge is -2.39. The molecule has 0 fully saturated rings. The number of benzene rings is 3. The van der Waals surface area contributed by atoms with Crippen LogP contribution in [0.3, 0.4) is 0 Å². The van der Waals surface area contributed by atoms with Gasteiger partial charge in [0.15, 0.2) is 5.76 Å². The van der Waals surface area contributed by atoms with Crippen molar-refractivity contribution < 1.29 is 14.1 Å². The number of nitrogens with zero attached hydrogens (tertiary/aromatic N) is 2. The van der Waals surface area contributed by atoms with Crippen LogP contribution in [0.25, 0.3) is 22.3 Å². The highest BCUT2D eigenvalue weighted by atomic mass is 16.6. The molecule has 34 heavy (non-hydrogen) atoms. The van der Waals surface area contributed by atoms with E-state index in [9.17, 15) is 10.1 Å². The maximum atomic E-state index is 11.1. The van der Waals surface area contributed by atoms with Crippen molar-refractivity contribution in [1.82, 2.24) is 0 Å². The van der Waals surface area contributed by atoms with Crippen LogP contribution >= 0.6 is 0 Å². The van der Waals surface area contributed by atoms with E-state index in [2.05, 4.69) is 44.2 Å². The number of aliphatic imine (C=N–C) groups is 1. The minimum Gasteiger partial charge on any atom is -0.463 e. The Hall–Kier alpha value is -4.19. The monoisotopic (exact) mass is 452 g/mol. The number of ether oxygens (including phenoxy) is 1. The standard InChI is InChI=1S/C28H24N2O4/c1-3-28(4-2)26-22(29-27(34-28)23-17-18-24(33-23)30(31)32)16-15-21(19-11-7-5-8-12-19)25(26)20-13-9-6-10-14-20/h5-18H,3-4H2,1-2H3. The fourth-order valence-electron chi connectivity index (χ4n) is 4.67. The summed E-state index contributed by atoms with van der Waals surface area (Å²) in [5, 5.41) is 11.1. The Bertz CT molecular complexity index is 1370. The topological polar surface area (TPSA) is 77.9 Å². The van der Waals surface area contributed by atoms with Gasteiger partial charge in [0, 0.05) is 5.56 Å². The van der Waals surface area contributed by atoms with Gasteiger partial charge in [-0.05, 0) is 47.2 Å². The normalized spacial score (nSPS) is 14.1. The Balaban J connectivity index is 1.80. The summed E-state index contributed by atoms with van der Waals surface area (Å²) in [5.41, 5.74) is 5.51. The third-order valence-electron chi connectivity index (χ3n) is 6.43. The largest absolute Gasteiger partial charge is 0.463 e. The van der Waals surface area contributed by atoms with Gasteiger partial charge in [0.25, 0.3) is 5.90 Å². The average molecular weight is 453 g/mol. The van der Waals surface area contributed by atoms with E-state index in [1.54, 1.807) is 0 Å². The summed E-state index contributed by atoms with van der Waals surface area (Å²) in [6, 6.07) is 27.5. The molecule has 0 N–H and O–H groups in total. The highest BCUT2D eigenvalue weighted by Crippen LogP contribution is 2.51. The Morgan fingerprint density at radius 1 is 0.853 bits per heavy atom. The van der Waals surface area contributed by atoms with Gasteiger partial charge in [0.2, 0.25) is 0 Å². The predicted molar refractivity (Wildman–Crippen MR) is 132 cm³/mol. The molecule has 0 saturated heterocycles. The summed E-state index contributed by atoms with van der Waals surface area (Å²) in [6.45, 7) is 4.18. The first-order valence-corrected chi connectivity index (χ1v) is 11.4. The first kappa shape index (κ1) is 21.6. The van der Waals surface area contributed by atoms with Crippen molar-refractivity contribution >= 4 is 17.5 Å². The quantitative estimate of drug-likeness (QED) is 0.222. The van der Waals surface area contributed by atoms with Crippen LogP contribution in [0, 0.1) is 10.1 Å². The van der Waals surface area contributed by atoms with Crippen molar-refractivity contribution in [3.05, 3.63) is 106 Å². The van der Waals surface area contributed by atoms with Gasteiger partial charge in [-0.1, -0.05) is 80.6 Å². The zero-order chi connectivity index (χ0) is 23.7. The molecule has 1 aromatic heterocycles. The maximum absolute atomic E-state index is 11.1. The molecule has 1 aliphatic rings. The number of fused-ring (bicyclic) bond motifs is 1. The molecular formula is C28H24N2O4. The summed E-state index contributed by atoms with van der Waals surface area (Å²) < 4.78 is 12.0. The Morgan fingerprint density at radius 2 is 1.50 bits per heavy atom. The van der Waals surface area contributed by atoms with E-state index in [4.69, 9.17) is 14.1 Å². The molecule has 2 heterocycles. The average Bonchev–Trinajstić information content (AvgIpc) is 3.39.